The third-order valence-electron chi connectivity index (χ3n) is 4.29. The van der Waals surface area contributed by atoms with Crippen LogP contribution in [0, 0.1) is 15.9 Å². The first-order chi connectivity index (χ1) is 14.5. The van der Waals surface area contributed by atoms with Gasteiger partial charge in [-0.05, 0) is 65.7 Å². The van der Waals surface area contributed by atoms with E-state index in [2.05, 4.69) is 0 Å². The van der Waals surface area contributed by atoms with Crippen LogP contribution in [0.5, 0.6) is 11.5 Å². The Kier molecular flexibility index (Phi) is 6.54. The lowest BCUT2D eigenvalue weighted by atomic mass is 10.1. The molecule has 0 fully saturated rings. The van der Waals surface area contributed by atoms with Crippen molar-refractivity contribution in [3.63, 3.8) is 0 Å². The number of non-ortho nitro benzene ring substituents is 1. The first kappa shape index (κ1) is 20.7. The number of allylic oxidation sites excluding steroid dienone is 1. The Balaban J connectivity index is 1.67. The Morgan fingerprint density at radius 1 is 1.03 bits per heavy atom. The summed E-state index contributed by atoms with van der Waals surface area (Å²) in [5.74, 6) is 0.336. The van der Waals surface area contributed by atoms with E-state index in [-0.39, 0.29) is 18.1 Å². The largest absolute Gasteiger partial charge is 0.493 e. The van der Waals surface area contributed by atoms with E-state index in [9.17, 15) is 19.3 Å². The first-order valence-electron chi connectivity index (χ1n) is 8.98. The predicted molar refractivity (Wildman–Crippen MR) is 110 cm³/mol. The van der Waals surface area contributed by atoms with E-state index in [4.69, 9.17) is 9.47 Å². The maximum atomic E-state index is 13.0. The molecule has 30 heavy (non-hydrogen) atoms. The molecule has 0 saturated carbocycles. The molecule has 0 heterocycles. The highest BCUT2D eigenvalue weighted by atomic mass is 19.1. The Morgan fingerprint density at radius 3 is 2.37 bits per heavy atom. The number of methoxy groups -OCH3 is 1. The van der Waals surface area contributed by atoms with Crippen LogP contribution in [0.3, 0.4) is 0 Å². The van der Waals surface area contributed by atoms with Crippen LogP contribution in [0.4, 0.5) is 10.1 Å². The molecule has 0 aliphatic carbocycles. The zero-order valence-corrected chi connectivity index (χ0v) is 16.1. The zero-order valence-electron chi connectivity index (χ0n) is 16.1. The van der Waals surface area contributed by atoms with Crippen molar-refractivity contribution in [1.29, 1.82) is 0 Å². The van der Waals surface area contributed by atoms with Crippen molar-refractivity contribution < 1.29 is 23.6 Å². The molecule has 0 amide bonds. The number of benzene rings is 3. The third kappa shape index (κ3) is 5.29. The number of nitro groups is 1. The van der Waals surface area contributed by atoms with E-state index in [1.807, 2.05) is 0 Å². The minimum absolute atomic E-state index is 0.0163. The van der Waals surface area contributed by atoms with E-state index < -0.39 is 10.7 Å². The molecule has 3 aromatic carbocycles. The van der Waals surface area contributed by atoms with Gasteiger partial charge in [-0.25, -0.2) is 4.39 Å². The highest BCUT2D eigenvalue weighted by Gasteiger charge is 2.08. The van der Waals surface area contributed by atoms with Gasteiger partial charge in [-0.3, -0.25) is 14.9 Å². The summed E-state index contributed by atoms with van der Waals surface area (Å²) in [5, 5.41) is 10.7. The third-order valence-corrected chi connectivity index (χ3v) is 4.29. The standard InChI is InChI=1S/C23H18FNO5/c1-29-23-14-16(4-12-21(26)18-6-8-19(24)9-7-18)5-13-22(23)30-15-17-2-10-20(11-3-17)25(27)28/h2-14H,15H2,1H3/b12-4+. The van der Waals surface area contributed by atoms with Crippen LogP contribution in [0.1, 0.15) is 21.5 Å². The van der Waals surface area contributed by atoms with Gasteiger partial charge in [-0.1, -0.05) is 12.1 Å². The van der Waals surface area contributed by atoms with Gasteiger partial charge < -0.3 is 9.47 Å². The summed E-state index contributed by atoms with van der Waals surface area (Å²) < 4.78 is 24.1. The molecule has 0 atom stereocenters. The topological polar surface area (TPSA) is 78.7 Å². The summed E-state index contributed by atoms with van der Waals surface area (Å²) in [6.45, 7) is 0.215. The van der Waals surface area contributed by atoms with E-state index >= 15 is 0 Å². The van der Waals surface area contributed by atoms with Gasteiger partial charge in [-0.15, -0.1) is 0 Å². The van der Waals surface area contributed by atoms with E-state index in [0.29, 0.717) is 17.1 Å². The molecule has 0 unspecified atom stereocenters. The van der Waals surface area contributed by atoms with E-state index in [1.165, 1.54) is 49.6 Å². The van der Waals surface area contributed by atoms with Crippen molar-refractivity contribution in [2.45, 2.75) is 6.61 Å². The monoisotopic (exact) mass is 407 g/mol. The van der Waals surface area contributed by atoms with Crippen molar-refractivity contribution in [3.8, 4) is 11.5 Å². The fraction of sp³-hybridized carbons (Fsp3) is 0.0870. The molecule has 3 rings (SSSR count). The molecule has 0 bridgehead atoms. The molecule has 6 nitrogen and oxygen atoms in total. The van der Waals surface area contributed by atoms with Gasteiger partial charge in [0.15, 0.2) is 17.3 Å². The summed E-state index contributed by atoms with van der Waals surface area (Å²) >= 11 is 0. The fourth-order valence-corrected chi connectivity index (χ4v) is 2.66. The van der Waals surface area contributed by atoms with Crippen molar-refractivity contribution in [2.75, 3.05) is 7.11 Å². The van der Waals surface area contributed by atoms with Crippen LogP contribution < -0.4 is 9.47 Å². The predicted octanol–water partition coefficient (Wildman–Crippen LogP) is 5.22. The smallest absolute Gasteiger partial charge is 0.269 e. The number of nitro benzene ring substituents is 1. The van der Waals surface area contributed by atoms with Crippen molar-refractivity contribution in [1.82, 2.24) is 0 Å². The summed E-state index contributed by atoms with van der Waals surface area (Å²) in [5.41, 5.74) is 1.91. The second kappa shape index (κ2) is 9.47. The normalized spacial score (nSPS) is 10.7. The molecule has 7 heteroatoms. The Hall–Kier alpha value is -4.00. The molecular formula is C23H18FNO5. The van der Waals surface area contributed by atoms with Gasteiger partial charge in [0.1, 0.15) is 12.4 Å². The number of ketones is 1. The van der Waals surface area contributed by atoms with Crippen LogP contribution in [-0.4, -0.2) is 17.8 Å². The summed E-state index contributed by atoms with van der Waals surface area (Å²) in [7, 11) is 1.51. The van der Waals surface area contributed by atoms with Gasteiger partial charge in [0.2, 0.25) is 0 Å². The number of rotatable bonds is 8. The maximum absolute atomic E-state index is 13.0. The molecule has 0 N–H and O–H groups in total. The van der Waals surface area contributed by atoms with Gasteiger partial charge >= 0.3 is 0 Å². The molecule has 152 valence electrons. The summed E-state index contributed by atoms with van der Waals surface area (Å²) in [4.78, 5) is 22.4. The number of nitrogens with zero attached hydrogens (tertiary/aromatic N) is 1. The minimum atomic E-state index is -0.458. The van der Waals surface area contributed by atoms with E-state index in [0.717, 1.165) is 11.1 Å². The minimum Gasteiger partial charge on any atom is -0.493 e. The summed E-state index contributed by atoms with van der Waals surface area (Å²) in [6, 6.07) is 16.6. The zero-order chi connectivity index (χ0) is 21.5. The Morgan fingerprint density at radius 2 is 1.73 bits per heavy atom. The number of carbonyl (C=O) groups is 1. The number of halogens is 1. The van der Waals surface area contributed by atoms with Crippen LogP contribution in [0.25, 0.3) is 6.08 Å². The molecule has 0 aliphatic rings. The van der Waals surface area contributed by atoms with Gasteiger partial charge in [0.05, 0.1) is 12.0 Å². The molecule has 0 radical (unpaired) electrons. The molecule has 0 saturated heterocycles. The van der Waals surface area contributed by atoms with Crippen molar-refractivity contribution in [3.05, 3.63) is 105 Å². The highest BCUT2D eigenvalue weighted by Crippen LogP contribution is 2.29. The second-order valence-corrected chi connectivity index (χ2v) is 6.33. The average molecular weight is 407 g/mol. The van der Waals surface area contributed by atoms with Gasteiger partial charge in [0.25, 0.3) is 5.69 Å². The lowest BCUT2D eigenvalue weighted by Gasteiger charge is -2.11. The fourth-order valence-electron chi connectivity index (χ4n) is 2.66. The van der Waals surface area contributed by atoms with Crippen LogP contribution in [-0.2, 0) is 6.61 Å². The highest BCUT2D eigenvalue weighted by molar-refractivity contribution is 6.06. The quantitative estimate of drug-likeness (QED) is 0.221. The van der Waals surface area contributed by atoms with E-state index in [1.54, 1.807) is 36.4 Å². The number of ether oxygens (including phenoxy) is 2. The summed E-state index contributed by atoms with van der Waals surface area (Å²) in [6.07, 6.45) is 3.04. The molecular weight excluding hydrogens is 389 g/mol. The lowest BCUT2D eigenvalue weighted by Crippen LogP contribution is -1.98. The Bertz CT molecular complexity index is 1080. The number of hydrogen-bond acceptors (Lipinski definition) is 5. The van der Waals surface area contributed by atoms with Crippen LogP contribution in [0.2, 0.25) is 0 Å². The molecule has 3 aromatic rings. The first-order valence-corrected chi connectivity index (χ1v) is 8.98. The van der Waals surface area contributed by atoms with Gasteiger partial charge in [0, 0.05) is 17.7 Å². The molecule has 0 aromatic heterocycles. The van der Waals surface area contributed by atoms with Crippen molar-refractivity contribution in [2.24, 2.45) is 0 Å². The van der Waals surface area contributed by atoms with Gasteiger partial charge in [-0.2, -0.15) is 0 Å². The maximum Gasteiger partial charge on any atom is 0.269 e. The Labute approximate surface area is 172 Å². The number of carbonyl (C=O) groups excluding carboxylic acids is 1. The van der Waals surface area contributed by atoms with Crippen molar-refractivity contribution >= 4 is 17.5 Å². The van der Waals surface area contributed by atoms with Crippen LogP contribution >= 0.6 is 0 Å². The number of hydrogen-bond donors (Lipinski definition) is 0. The SMILES string of the molecule is COc1cc(/C=C/C(=O)c2ccc(F)cc2)ccc1OCc1ccc([N+](=O)[O-])cc1. The lowest BCUT2D eigenvalue weighted by molar-refractivity contribution is -0.384. The van der Waals surface area contributed by atoms with Crippen LogP contribution in [0.15, 0.2) is 72.8 Å². The molecule has 0 aliphatic heterocycles. The second-order valence-electron chi connectivity index (χ2n) is 6.33. The molecule has 0 spiro atoms. The average Bonchev–Trinajstić information content (AvgIpc) is 2.77.